The molecule has 0 spiro atoms. The van der Waals surface area contributed by atoms with E-state index < -0.39 is 95.8 Å². The van der Waals surface area contributed by atoms with Crippen LogP contribution in [0.15, 0.2) is 45.6 Å². The molecule has 8 N–H and O–H groups in total. The summed E-state index contributed by atoms with van der Waals surface area (Å²) in [6.45, 7) is 0.395. The molecule has 1 aliphatic rings. The Morgan fingerprint density at radius 2 is 1.62 bits per heavy atom. The van der Waals surface area contributed by atoms with Crippen LogP contribution in [-0.2, 0) is 19.1 Å². The summed E-state index contributed by atoms with van der Waals surface area (Å²) in [6.07, 6.45) is -10.4. The van der Waals surface area contributed by atoms with Gasteiger partial charge in [0.1, 0.15) is 53.5 Å². The van der Waals surface area contributed by atoms with Gasteiger partial charge in [-0.25, -0.2) is 0 Å². The standard InChI is InChI=1S/C27H28O15/c1-27(38,8-18(30)31)9-19(32)39-10-17-22(34)24(36)25(37)26(42-17)41-16-7-15-20(23(35)21(16)33)13(29)6-14(40-15)11-2-4-12(28)5-3-11/h2-7,17,22,24-26,28,33-38H,8-10H2,1H3,(H,30,31)/t17-,22-,24+,25-,26-,27?/m1/s1. The average Bonchev–Trinajstić information content (AvgIpc) is 2.90. The fourth-order valence-electron chi connectivity index (χ4n) is 4.33. The number of aliphatic hydroxyl groups is 4. The zero-order valence-corrected chi connectivity index (χ0v) is 21.9. The number of rotatable bonds is 9. The molecule has 2 aromatic carbocycles. The van der Waals surface area contributed by atoms with Gasteiger partial charge in [-0.15, -0.1) is 0 Å². The van der Waals surface area contributed by atoms with Gasteiger partial charge >= 0.3 is 11.9 Å². The fourth-order valence-corrected chi connectivity index (χ4v) is 4.33. The number of carbonyl (C=O) groups excluding carboxylic acids is 1. The Kier molecular flexibility index (Phi) is 8.60. The van der Waals surface area contributed by atoms with Crippen molar-refractivity contribution >= 4 is 22.9 Å². The number of ether oxygens (including phenoxy) is 3. The normalized spacial score (nSPS) is 23.7. The molecular weight excluding hydrogens is 564 g/mol. The van der Waals surface area contributed by atoms with Crippen molar-refractivity contribution in [1.82, 2.24) is 0 Å². The maximum absolute atomic E-state index is 12.7. The molecule has 42 heavy (non-hydrogen) atoms. The fraction of sp³-hybridized carbons (Fsp3) is 0.370. The van der Waals surface area contributed by atoms with E-state index in [0.717, 1.165) is 19.1 Å². The Morgan fingerprint density at radius 1 is 0.952 bits per heavy atom. The predicted molar refractivity (Wildman–Crippen MR) is 139 cm³/mol. The zero-order chi connectivity index (χ0) is 30.9. The van der Waals surface area contributed by atoms with Crippen molar-refractivity contribution in [3.05, 3.63) is 46.6 Å². The van der Waals surface area contributed by atoms with E-state index in [1.165, 1.54) is 24.3 Å². The van der Waals surface area contributed by atoms with Crippen molar-refractivity contribution in [3.8, 4) is 34.3 Å². The predicted octanol–water partition coefficient (Wildman–Crippen LogP) is -0.0778. The lowest BCUT2D eigenvalue weighted by atomic mass is 9.98. The van der Waals surface area contributed by atoms with E-state index in [0.29, 0.717) is 5.56 Å². The summed E-state index contributed by atoms with van der Waals surface area (Å²) in [6, 6.07) is 7.73. The summed E-state index contributed by atoms with van der Waals surface area (Å²) in [4.78, 5) is 35.7. The molecule has 0 amide bonds. The first kappa shape index (κ1) is 30.5. The Hall–Kier alpha value is -4.41. The quantitative estimate of drug-likeness (QED) is 0.119. The number of aliphatic hydroxyl groups excluding tert-OH is 3. The number of benzene rings is 2. The average molecular weight is 593 g/mol. The minimum absolute atomic E-state index is 0.0309. The first-order valence-electron chi connectivity index (χ1n) is 12.4. The number of phenols is 3. The SMILES string of the molecule is CC(O)(CC(=O)O)CC(=O)OC[C@H]1O[C@@H](Oc2cc3oc(-c4ccc(O)cc4)cc(=O)c3c(O)c2O)[C@H](O)[C@@H](O)[C@@H]1O. The second kappa shape index (κ2) is 11.8. The maximum Gasteiger partial charge on any atom is 0.308 e. The molecule has 1 unspecified atom stereocenters. The van der Waals surface area contributed by atoms with Gasteiger partial charge in [0, 0.05) is 17.7 Å². The van der Waals surface area contributed by atoms with Gasteiger partial charge < -0.3 is 59.5 Å². The number of esters is 1. The number of fused-ring (bicyclic) bond motifs is 1. The molecule has 1 fully saturated rings. The summed E-state index contributed by atoms with van der Waals surface area (Å²) in [7, 11) is 0. The summed E-state index contributed by atoms with van der Waals surface area (Å²) in [5.74, 6) is -4.80. The summed E-state index contributed by atoms with van der Waals surface area (Å²) in [5.41, 5.74) is -2.51. The maximum atomic E-state index is 12.7. The van der Waals surface area contributed by atoms with Gasteiger partial charge in [-0.05, 0) is 31.2 Å². The molecule has 3 aromatic rings. The van der Waals surface area contributed by atoms with E-state index in [1.54, 1.807) is 0 Å². The Morgan fingerprint density at radius 3 is 2.26 bits per heavy atom. The third-order valence-electron chi connectivity index (χ3n) is 6.46. The molecule has 0 bridgehead atoms. The number of carbonyl (C=O) groups is 2. The molecule has 0 aliphatic carbocycles. The van der Waals surface area contributed by atoms with Crippen molar-refractivity contribution in [3.63, 3.8) is 0 Å². The molecular formula is C27H28O15. The second-order valence-corrected chi connectivity index (χ2v) is 10.0. The lowest BCUT2D eigenvalue weighted by Gasteiger charge is -2.40. The van der Waals surface area contributed by atoms with Crippen molar-refractivity contribution in [1.29, 1.82) is 0 Å². The smallest absolute Gasteiger partial charge is 0.308 e. The van der Waals surface area contributed by atoms with E-state index in [-0.39, 0.29) is 17.1 Å². The summed E-state index contributed by atoms with van der Waals surface area (Å²) >= 11 is 0. The number of carboxylic acids is 1. The molecule has 1 aliphatic heterocycles. The van der Waals surface area contributed by atoms with Crippen LogP contribution >= 0.6 is 0 Å². The van der Waals surface area contributed by atoms with Crippen LogP contribution in [0.2, 0.25) is 0 Å². The van der Waals surface area contributed by atoms with Crippen LogP contribution < -0.4 is 10.2 Å². The van der Waals surface area contributed by atoms with Crippen molar-refractivity contribution in [2.75, 3.05) is 6.61 Å². The lowest BCUT2D eigenvalue weighted by Crippen LogP contribution is -2.60. The van der Waals surface area contributed by atoms with E-state index in [4.69, 9.17) is 23.7 Å². The highest BCUT2D eigenvalue weighted by molar-refractivity contribution is 5.89. The van der Waals surface area contributed by atoms with E-state index in [9.17, 15) is 50.1 Å². The third kappa shape index (κ3) is 6.56. The van der Waals surface area contributed by atoms with Gasteiger partial charge in [0.25, 0.3) is 0 Å². The minimum atomic E-state index is -1.93. The Labute approximate surface area is 236 Å². The summed E-state index contributed by atoms with van der Waals surface area (Å²) in [5, 5.41) is 80.1. The van der Waals surface area contributed by atoms with Gasteiger partial charge in [-0.1, -0.05) is 0 Å². The highest BCUT2D eigenvalue weighted by Gasteiger charge is 2.46. The van der Waals surface area contributed by atoms with E-state index >= 15 is 0 Å². The van der Waals surface area contributed by atoms with Crippen LogP contribution in [-0.4, -0.2) is 95.7 Å². The molecule has 15 nitrogen and oxygen atoms in total. The highest BCUT2D eigenvalue weighted by atomic mass is 16.7. The van der Waals surface area contributed by atoms with Crippen LogP contribution in [0, 0.1) is 0 Å². The molecule has 6 atom stereocenters. The number of hydrogen-bond donors (Lipinski definition) is 8. The third-order valence-corrected chi connectivity index (χ3v) is 6.46. The molecule has 0 radical (unpaired) electrons. The number of phenolic OH excluding ortho intramolecular Hbond substituents is 3. The van der Waals surface area contributed by atoms with Crippen molar-refractivity contribution in [2.24, 2.45) is 0 Å². The zero-order valence-electron chi connectivity index (χ0n) is 21.9. The molecule has 1 aromatic heterocycles. The topological polar surface area (TPSA) is 254 Å². The van der Waals surface area contributed by atoms with Gasteiger partial charge in [-0.2, -0.15) is 0 Å². The number of aromatic hydroxyl groups is 3. The number of hydrogen-bond acceptors (Lipinski definition) is 14. The van der Waals surface area contributed by atoms with Crippen LogP contribution in [0.4, 0.5) is 0 Å². The van der Waals surface area contributed by atoms with Crippen LogP contribution in [0.3, 0.4) is 0 Å². The Bertz CT molecular complexity index is 1530. The van der Waals surface area contributed by atoms with Crippen molar-refractivity contribution < 1.29 is 69.1 Å². The lowest BCUT2D eigenvalue weighted by molar-refractivity contribution is -0.278. The second-order valence-electron chi connectivity index (χ2n) is 10.0. The molecule has 0 saturated carbocycles. The van der Waals surface area contributed by atoms with Gasteiger partial charge in [0.15, 0.2) is 16.9 Å². The highest BCUT2D eigenvalue weighted by Crippen LogP contribution is 2.42. The largest absolute Gasteiger partial charge is 0.508 e. The van der Waals surface area contributed by atoms with Crippen LogP contribution in [0.25, 0.3) is 22.3 Å². The van der Waals surface area contributed by atoms with Crippen LogP contribution in [0.5, 0.6) is 23.0 Å². The van der Waals surface area contributed by atoms with Gasteiger partial charge in [0.2, 0.25) is 12.0 Å². The first-order chi connectivity index (χ1) is 19.7. The van der Waals surface area contributed by atoms with E-state index in [2.05, 4.69) is 0 Å². The Balaban J connectivity index is 1.56. The molecule has 4 rings (SSSR count). The molecule has 2 heterocycles. The van der Waals surface area contributed by atoms with Crippen molar-refractivity contribution in [2.45, 2.75) is 56.1 Å². The summed E-state index contributed by atoms with van der Waals surface area (Å²) < 4.78 is 21.6. The molecule has 15 heteroatoms. The number of carboxylic acid groups (broad SMARTS) is 1. The monoisotopic (exact) mass is 592 g/mol. The molecule has 1 saturated heterocycles. The van der Waals surface area contributed by atoms with Crippen LogP contribution in [0.1, 0.15) is 19.8 Å². The van der Waals surface area contributed by atoms with E-state index in [1.807, 2.05) is 0 Å². The number of aliphatic carboxylic acids is 1. The van der Waals surface area contributed by atoms with Gasteiger partial charge in [0.05, 0.1) is 18.4 Å². The van der Waals surface area contributed by atoms with Gasteiger partial charge in [-0.3, -0.25) is 14.4 Å². The minimum Gasteiger partial charge on any atom is -0.508 e. The molecule has 226 valence electrons. The first-order valence-corrected chi connectivity index (χ1v) is 12.4.